The first-order valence-electron chi connectivity index (χ1n) is 7.31. The molecule has 0 spiro atoms. The molecule has 2 atom stereocenters. The number of nitrogens with one attached hydrogen (secondary N) is 2. The summed E-state index contributed by atoms with van der Waals surface area (Å²) in [7, 11) is 0. The second-order valence-electron chi connectivity index (χ2n) is 5.31. The van der Waals surface area contributed by atoms with Crippen molar-refractivity contribution in [2.45, 2.75) is 32.4 Å². The molecule has 2 amide bonds. The summed E-state index contributed by atoms with van der Waals surface area (Å²) in [5, 5.41) is 8.37. The average molecular weight is 351 g/mol. The topological polar surface area (TPSA) is 58.2 Å². The van der Waals surface area contributed by atoms with Crippen molar-refractivity contribution in [3.8, 4) is 0 Å². The van der Waals surface area contributed by atoms with Crippen LogP contribution in [-0.2, 0) is 9.59 Å². The van der Waals surface area contributed by atoms with E-state index in [2.05, 4.69) is 10.6 Å². The number of thiophene rings is 1. The highest BCUT2D eigenvalue weighted by molar-refractivity contribution is 7.10. The fraction of sp³-hybridized carbons (Fsp3) is 0.294. The number of hydrogen-bond donors (Lipinski definition) is 2. The Bertz CT molecular complexity index is 656. The number of hydrogen-bond acceptors (Lipinski definition) is 3. The van der Waals surface area contributed by atoms with Crippen molar-refractivity contribution >= 4 is 34.8 Å². The van der Waals surface area contributed by atoms with Crippen LogP contribution in [0.25, 0.3) is 0 Å². The van der Waals surface area contributed by atoms with Gasteiger partial charge in [0.2, 0.25) is 11.8 Å². The van der Waals surface area contributed by atoms with Gasteiger partial charge in [0.25, 0.3) is 0 Å². The standard InChI is InChI=1S/C17H19ClN2O2S/c1-11(16-4-3-9-23-16)19-17(22)10-15(20-12(2)21)13-5-7-14(18)8-6-13/h3-9,11,15H,10H2,1-2H3,(H,19,22)(H,20,21)/t11-,15-/m1/s1. The van der Waals surface area contributed by atoms with Gasteiger partial charge < -0.3 is 10.6 Å². The smallest absolute Gasteiger partial charge is 0.222 e. The van der Waals surface area contributed by atoms with Gasteiger partial charge in [0.1, 0.15) is 0 Å². The molecule has 4 nitrogen and oxygen atoms in total. The molecule has 0 bridgehead atoms. The van der Waals surface area contributed by atoms with E-state index in [0.717, 1.165) is 10.4 Å². The number of carbonyl (C=O) groups is 2. The fourth-order valence-corrected chi connectivity index (χ4v) is 3.15. The van der Waals surface area contributed by atoms with Crippen LogP contribution in [0.15, 0.2) is 41.8 Å². The first-order valence-corrected chi connectivity index (χ1v) is 8.57. The van der Waals surface area contributed by atoms with Gasteiger partial charge in [-0.25, -0.2) is 0 Å². The maximum atomic E-state index is 12.3. The Morgan fingerprint density at radius 1 is 1.17 bits per heavy atom. The highest BCUT2D eigenvalue weighted by Crippen LogP contribution is 2.22. The molecule has 1 heterocycles. The zero-order valence-corrected chi connectivity index (χ0v) is 14.6. The summed E-state index contributed by atoms with van der Waals surface area (Å²) in [6, 6.07) is 10.6. The molecule has 0 saturated carbocycles. The summed E-state index contributed by atoms with van der Waals surface area (Å²) in [4.78, 5) is 24.8. The van der Waals surface area contributed by atoms with Crippen molar-refractivity contribution in [3.05, 3.63) is 57.2 Å². The quantitative estimate of drug-likeness (QED) is 0.831. The molecule has 2 aromatic rings. The number of rotatable bonds is 6. The molecular formula is C17H19ClN2O2S. The van der Waals surface area contributed by atoms with E-state index in [4.69, 9.17) is 11.6 Å². The Morgan fingerprint density at radius 2 is 1.87 bits per heavy atom. The van der Waals surface area contributed by atoms with Crippen LogP contribution in [0.3, 0.4) is 0 Å². The summed E-state index contributed by atoms with van der Waals surface area (Å²) >= 11 is 7.49. The van der Waals surface area contributed by atoms with Gasteiger partial charge in [-0.3, -0.25) is 9.59 Å². The first kappa shape index (κ1) is 17.5. The minimum absolute atomic E-state index is 0.0503. The Kier molecular flexibility index (Phi) is 6.19. The van der Waals surface area contributed by atoms with Gasteiger partial charge in [-0.05, 0) is 36.1 Å². The predicted octanol–water partition coefficient (Wildman–Crippen LogP) is 3.85. The zero-order valence-electron chi connectivity index (χ0n) is 13.0. The van der Waals surface area contributed by atoms with Gasteiger partial charge in [-0.1, -0.05) is 29.8 Å². The number of halogens is 1. The van der Waals surface area contributed by atoms with Crippen LogP contribution in [0.5, 0.6) is 0 Å². The van der Waals surface area contributed by atoms with Gasteiger partial charge in [0, 0.05) is 16.8 Å². The van der Waals surface area contributed by atoms with Crippen molar-refractivity contribution in [1.29, 1.82) is 0 Å². The molecule has 6 heteroatoms. The number of benzene rings is 1. The molecule has 1 aromatic heterocycles. The summed E-state index contributed by atoms with van der Waals surface area (Å²) in [6.07, 6.45) is 0.178. The van der Waals surface area contributed by atoms with Crippen molar-refractivity contribution in [2.24, 2.45) is 0 Å². The van der Waals surface area contributed by atoms with Crippen LogP contribution in [0.2, 0.25) is 5.02 Å². The minimum atomic E-state index is -0.375. The fourth-order valence-electron chi connectivity index (χ4n) is 2.29. The molecule has 0 fully saturated rings. The van der Waals surface area contributed by atoms with E-state index in [1.54, 1.807) is 23.5 Å². The van der Waals surface area contributed by atoms with E-state index < -0.39 is 0 Å². The molecule has 23 heavy (non-hydrogen) atoms. The lowest BCUT2D eigenvalue weighted by atomic mass is 10.0. The second kappa shape index (κ2) is 8.13. The van der Waals surface area contributed by atoms with Crippen molar-refractivity contribution < 1.29 is 9.59 Å². The molecule has 0 radical (unpaired) electrons. The third-order valence-electron chi connectivity index (χ3n) is 3.39. The van der Waals surface area contributed by atoms with Crippen molar-refractivity contribution in [1.82, 2.24) is 10.6 Å². The number of amides is 2. The Morgan fingerprint density at radius 3 is 2.43 bits per heavy atom. The SMILES string of the molecule is CC(=O)N[C@H](CC(=O)N[C@H](C)c1cccs1)c1ccc(Cl)cc1. The lowest BCUT2D eigenvalue weighted by Crippen LogP contribution is -2.33. The molecule has 0 aliphatic carbocycles. The molecular weight excluding hydrogens is 332 g/mol. The highest BCUT2D eigenvalue weighted by atomic mass is 35.5. The third-order valence-corrected chi connectivity index (χ3v) is 4.69. The van der Waals surface area contributed by atoms with Crippen LogP contribution in [-0.4, -0.2) is 11.8 Å². The molecule has 2 rings (SSSR count). The van der Waals surface area contributed by atoms with Crippen LogP contribution in [0, 0.1) is 0 Å². The minimum Gasteiger partial charge on any atom is -0.349 e. The molecule has 0 aliphatic rings. The van der Waals surface area contributed by atoms with Gasteiger partial charge in [-0.2, -0.15) is 0 Å². The summed E-state index contributed by atoms with van der Waals surface area (Å²) < 4.78 is 0. The van der Waals surface area contributed by atoms with E-state index in [-0.39, 0.29) is 30.3 Å². The Hall–Kier alpha value is -1.85. The molecule has 0 saturated heterocycles. The average Bonchev–Trinajstić information content (AvgIpc) is 3.01. The summed E-state index contributed by atoms with van der Waals surface area (Å²) in [6.45, 7) is 3.38. The van der Waals surface area contributed by atoms with Gasteiger partial charge in [0.05, 0.1) is 18.5 Å². The van der Waals surface area contributed by atoms with Crippen LogP contribution >= 0.6 is 22.9 Å². The van der Waals surface area contributed by atoms with Gasteiger partial charge in [-0.15, -0.1) is 11.3 Å². The van der Waals surface area contributed by atoms with E-state index in [9.17, 15) is 9.59 Å². The van der Waals surface area contributed by atoms with Crippen LogP contribution in [0.4, 0.5) is 0 Å². The van der Waals surface area contributed by atoms with E-state index in [0.29, 0.717) is 5.02 Å². The highest BCUT2D eigenvalue weighted by Gasteiger charge is 2.19. The molecule has 122 valence electrons. The number of carbonyl (C=O) groups excluding carboxylic acids is 2. The zero-order chi connectivity index (χ0) is 16.8. The lowest BCUT2D eigenvalue weighted by Gasteiger charge is -2.20. The van der Waals surface area contributed by atoms with Crippen LogP contribution < -0.4 is 10.6 Å². The van der Waals surface area contributed by atoms with Gasteiger partial charge in [0.15, 0.2) is 0 Å². The molecule has 2 N–H and O–H groups in total. The Labute approximate surface area is 144 Å². The second-order valence-corrected chi connectivity index (χ2v) is 6.73. The lowest BCUT2D eigenvalue weighted by molar-refractivity contribution is -0.123. The Balaban J connectivity index is 2.03. The largest absolute Gasteiger partial charge is 0.349 e. The van der Waals surface area contributed by atoms with Crippen molar-refractivity contribution in [2.75, 3.05) is 0 Å². The van der Waals surface area contributed by atoms with Crippen molar-refractivity contribution in [3.63, 3.8) is 0 Å². The third kappa shape index (κ3) is 5.37. The predicted molar refractivity (Wildman–Crippen MR) is 93.5 cm³/mol. The molecule has 1 aromatic carbocycles. The van der Waals surface area contributed by atoms with Crippen LogP contribution in [0.1, 0.15) is 42.8 Å². The normalized spacial score (nSPS) is 13.2. The maximum absolute atomic E-state index is 12.3. The summed E-state index contributed by atoms with van der Waals surface area (Å²) in [5.41, 5.74) is 0.850. The van der Waals surface area contributed by atoms with E-state index in [1.165, 1.54) is 6.92 Å². The summed E-state index contributed by atoms with van der Waals surface area (Å²) in [5.74, 6) is -0.288. The monoisotopic (exact) mass is 350 g/mol. The molecule has 0 unspecified atom stereocenters. The van der Waals surface area contributed by atoms with E-state index in [1.807, 2.05) is 36.6 Å². The van der Waals surface area contributed by atoms with E-state index >= 15 is 0 Å². The van der Waals surface area contributed by atoms with Gasteiger partial charge >= 0.3 is 0 Å². The first-order chi connectivity index (χ1) is 11.0. The maximum Gasteiger partial charge on any atom is 0.222 e. The molecule has 0 aliphatic heterocycles.